The van der Waals surface area contributed by atoms with Gasteiger partial charge in [-0.2, -0.15) is 17.0 Å². The van der Waals surface area contributed by atoms with Gasteiger partial charge in [-0.15, -0.1) is 0 Å². The molecule has 0 unspecified atom stereocenters. The Morgan fingerprint density at radius 1 is 1.07 bits per heavy atom. The van der Waals surface area contributed by atoms with Crippen molar-refractivity contribution in [1.82, 2.24) is 13.5 Å². The van der Waals surface area contributed by atoms with Crippen molar-refractivity contribution in [1.29, 1.82) is 0 Å². The minimum atomic E-state index is -3.70. The standard InChI is InChI=1S/C20H25ClFN3O3S/c1-23(16-18-19(21)8-5-9-20(18)22)29(26,27)25-12-10-24(11-13-25)14-15-28-17-6-3-2-4-7-17/h2-9H,10-16H2,1H3. The highest BCUT2D eigenvalue weighted by Gasteiger charge is 2.31. The lowest BCUT2D eigenvalue weighted by Gasteiger charge is -2.35. The van der Waals surface area contributed by atoms with E-state index in [0.717, 1.165) is 16.6 Å². The van der Waals surface area contributed by atoms with E-state index in [2.05, 4.69) is 4.90 Å². The summed E-state index contributed by atoms with van der Waals surface area (Å²) in [7, 11) is -2.25. The third-order valence-electron chi connectivity index (χ3n) is 4.91. The van der Waals surface area contributed by atoms with Gasteiger partial charge in [-0.05, 0) is 24.3 Å². The van der Waals surface area contributed by atoms with Crippen molar-refractivity contribution in [2.24, 2.45) is 0 Å². The molecule has 0 spiro atoms. The maximum Gasteiger partial charge on any atom is 0.282 e. The Labute approximate surface area is 176 Å². The minimum Gasteiger partial charge on any atom is -0.492 e. The summed E-state index contributed by atoms with van der Waals surface area (Å²) in [6.07, 6.45) is 0. The molecule has 0 bridgehead atoms. The Balaban J connectivity index is 1.50. The number of hydrogen-bond donors (Lipinski definition) is 0. The zero-order valence-corrected chi connectivity index (χ0v) is 17.9. The maximum absolute atomic E-state index is 14.0. The van der Waals surface area contributed by atoms with Crippen LogP contribution in [0.2, 0.25) is 5.02 Å². The van der Waals surface area contributed by atoms with Gasteiger partial charge in [0.05, 0.1) is 0 Å². The third-order valence-corrected chi connectivity index (χ3v) is 7.20. The Kier molecular flexibility index (Phi) is 7.48. The fourth-order valence-electron chi connectivity index (χ4n) is 3.18. The first-order valence-electron chi connectivity index (χ1n) is 9.42. The number of halogens is 2. The maximum atomic E-state index is 14.0. The molecule has 158 valence electrons. The Morgan fingerprint density at radius 2 is 1.76 bits per heavy atom. The molecule has 3 rings (SSSR count). The molecule has 1 aliphatic rings. The Morgan fingerprint density at radius 3 is 2.41 bits per heavy atom. The number of nitrogens with zero attached hydrogens (tertiary/aromatic N) is 3. The molecule has 0 radical (unpaired) electrons. The molecule has 0 amide bonds. The average Bonchev–Trinajstić information content (AvgIpc) is 2.72. The number of benzene rings is 2. The first kappa shape index (κ1) is 22.0. The number of ether oxygens (including phenoxy) is 1. The smallest absolute Gasteiger partial charge is 0.282 e. The summed E-state index contributed by atoms with van der Waals surface area (Å²) in [6, 6.07) is 13.9. The molecule has 29 heavy (non-hydrogen) atoms. The van der Waals surface area contributed by atoms with Crippen LogP contribution >= 0.6 is 11.6 Å². The second kappa shape index (κ2) is 9.86. The molecule has 9 heteroatoms. The van der Waals surface area contributed by atoms with Gasteiger partial charge >= 0.3 is 0 Å². The number of rotatable bonds is 8. The molecular formula is C20H25ClFN3O3S. The van der Waals surface area contributed by atoms with Crippen molar-refractivity contribution in [2.75, 3.05) is 46.4 Å². The molecule has 2 aromatic carbocycles. The van der Waals surface area contributed by atoms with Crippen LogP contribution in [0.4, 0.5) is 4.39 Å². The first-order valence-corrected chi connectivity index (χ1v) is 11.2. The van der Waals surface area contributed by atoms with Crippen LogP contribution in [0.3, 0.4) is 0 Å². The quantitative estimate of drug-likeness (QED) is 0.632. The van der Waals surface area contributed by atoms with E-state index in [4.69, 9.17) is 16.3 Å². The van der Waals surface area contributed by atoms with E-state index in [0.29, 0.717) is 32.8 Å². The van der Waals surface area contributed by atoms with Crippen molar-refractivity contribution < 1.29 is 17.5 Å². The molecule has 0 aromatic heterocycles. The van der Waals surface area contributed by atoms with Crippen LogP contribution < -0.4 is 4.74 Å². The van der Waals surface area contributed by atoms with Gasteiger partial charge in [0.1, 0.15) is 18.2 Å². The molecule has 1 heterocycles. The predicted octanol–water partition coefficient (Wildman–Crippen LogP) is 2.85. The van der Waals surface area contributed by atoms with E-state index in [1.165, 1.54) is 23.5 Å². The van der Waals surface area contributed by atoms with Gasteiger partial charge in [-0.3, -0.25) is 4.90 Å². The van der Waals surface area contributed by atoms with Gasteiger partial charge < -0.3 is 4.74 Å². The van der Waals surface area contributed by atoms with Gasteiger partial charge in [-0.25, -0.2) is 4.39 Å². The normalized spacial score (nSPS) is 16.3. The second-order valence-corrected chi connectivity index (χ2v) is 9.31. The number of hydrogen-bond acceptors (Lipinski definition) is 4. The molecule has 1 saturated heterocycles. The summed E-state index contributed by atoms with van der Waals surface area (Å²) in [5, 5.41) is 0.218. The lowest BCUT2D eigenvalue weighted by Crippen LogP contribution is -2.52. The lowest BCUT2D eigenvalue weighted by molar-refractivity contribution is 0.155. The third kappa shape index (κ3) is 5.67. The van der Waals surface area contributed by atoms with E-state index < -0.39 is 16.0 Å². The minimum absolute atomic E-state index is 0.112. The van der Waals surface area contributed by atoms with Gasteiger partial charge in [0.2, 0.25) is 0 Å². The SMILES string of the molecule is CN(Cc1c(F)cccc1Cl)S(=O)(=O)N1CCN(CCOc2ccccc2)CC1. The van der Waals surface area contributed by atoms with E-state index in [-0.39, 0.29) is 17.1 Å². The van der Waals surface area contributed by atoms with E-state index in [1.807, 2.05) is 30.3 Å². The van der Waals surface area contributed by atoms with Gasteiger partial charge in [-0.1, -0.05) is 35.9 Å². The van der Waals surface area contributed by atoms with Crippen molar-refractivity contribution in [3.63, 3.8) is 0 Å². The van der Waals surface area contributed by atoms with Crippen molar-refractivity contribution in [3.05, 3.63) is 64.9 Å². The van der Waals surface area contributed by atoms with Crippen molar-refractivity contribution in [3.8, 4) is 5.75 Å². The highest BCUT2D eigenvalue weighted by atomic mass is 35.5. The summed E-state index contributed by atoms with van der Waals surface area (Å²) in [4.78, 5) is 2.17. The zero-order chi connectivity index (χ0) is 20.9. The summed E-state index contributed by atoms with van der Waals surface area (Å²) < 4.78 is 48.0. The summed E-state index contributed by atoms with van der Waals surface area (Å²) in [5.74, 6) is 0.310. The monoisotopic (exact) mass is 441 g/mol. The Hall–Kier alpha value is -1.71. The van der Waals surface area contributed by atoms with Crippen LogP contribution in [0.15, 0.2) is 48.5 Å². The van der Waals surface area contributed by atoms with E-state index in [1.54, 1.807) is 6.07 Å². The summed E-state index contributed by atoms with van der Waals surface area (Å²) >= 11 is 6.03. The zero-order valence-electron chi connectivity index (χ0n) is 16.3. The average molecular weight is 442 g/mol. The van der Waals surface area contributed by atoms with Gasteiger partial charge in [0.15, 0.2) is 0 Å². The van der Waals surface area contributed by atoms with Gasteiger partial charge in [0.25, 0.3) is 10.2 Å². The van der Waals surface area contributed by atoms with Crippen LogP contribution in [0.1, 0.15) is 5.56 Å². The summed E-state index contributed by atoms with van der Waals surface area (Å²) in [5.41, 5.74) is 0.178. The molecule has 0 saturated carbocycles. The van der Waals surface area contributed by atoms with E-state index in [9.17, 15) is 12.8 Å². The van der Waals surface area contributed by atoms with Crippen LogP contribution in [-0.4, -0.2) is 68.3 Å². The highest BCUT2D eigenvalue weighted by molar-refractivity contribution is 7.86. The molecular weight excluding hydrogens is 417 g/mol. The summed E-state index contributed by atoms with van der Waals surface area (Å²) in [6.45, 7) is 3.15. The number of para-hydroxylation sites is 1. The fourth-order valence-corrected chi connectivity index (χ4v) is 4.71. The highest BCUT2D eigenvalue weighted by Crippen LogP contribution is 2.22. The largest absolute Gasteiger partial charge is 0.492 e. The lowest BCUT2D eigenvalue weighted by atomic mass is 10.2. The van der Waals surface area contributed by atoms with E-state index >= 15 is 0 Å². The van der Waals surface area contributed by atoms with Crippen LogP contribution in [-0.2, 0) is 16.8 Å². The molecule has 0 aliphatic carbocycles. The molecule has 1 fully saturated rings. The van der Waals surface area contributed by atoms with Crippen LogP contribution in [0.5, 0.6) is 5.75 Å². The second-order valence-electron chi connectivity index (χ2n) is 6.87. The Bertz CT molecular complexity index is 886. The molecule has 1 aliphatic heterocycles. The van der Waals surface area contributed by atoms with Crippen molar-refractivity contribution in [2.45, 2.75) is 6.54 Å². The van der Waals surface area contributed by atoms with Crippen molar-refractivity contribution >= 4 is 21.8 Å². The molecule has 0 atom stereocenters. The molecule has 6 nitrogen and oxygen atoms in total. The fraction of sp³-hybridized carbons (Fsp3) is 0.400. The topological polar surface area (TPSA) is 53.1 Å². The van der Waals surface area contributed by atoms with Crippen LogP contribution in [0.25, 0.3) is 0 Å². The first-order chi connectivity index (χ1) is 13.9. The number of piperazine rings is 1. The van der Waals surface area contributed by atoms with Gasteiger partial charge in [0, 0.05) is 56.9 Å². The van der Waals surface area contributed by atoms with Crippen LogP contribution in [0, 0.1) is 5.82 Å². The molecule has 2 aromatic rings. The predicted molar refractivity (Wildman–Crippen MR) is 112 cm³/mol. The molecule has 0 N–H and O–H groups in total.